The van der Waals surface area contributed by atoms with E-state index in [9.17, 15) is 10.2 Å². The third-order valence-corrected chi connectivity index (χ3v) is 4.89. The second-order valence-corrected chi connectivity index (χ2v) is 6.76. The first kappa shape index (κ1) is 18.7. The van der Waals surface area contributed by atoms with E-state index in [1.807, 2.05) is 25.1 Å². The molecular weight excluding hydrogens is 319 g/mol. The summed E-state index contributed by atoms with van der Waals surface area (Å²) in [7, 11) is 2.71. The molecule has 0 aliphatic carbocycles. The molecule has 2 rings (SSSR count). The molecule has 2 unspecified atom stereocenters. The molecule has 2 atom stereocenters. The van der Waals surface area contributed by atoms with Gasteiger partial charge in [0.2, 0.25) is 0 Å². The van der Waals surface area contributed by atoms with Crippen molar-refractivity contribution in [1.82, 2.24) is 0 Å². The number of aromatic hydroxyl groups is 1. The zero-order chi connectivity index (χ0) is 17.7. The minimum Gasteiger partial charge on any atom is -0.507 e. The van der Waals surface area contributed by atoms with Gasteiger partial charge in [0.05, 0.1) is 13.2 Å². The SMILES string of the molecule is Cc1cc(CC(CO)c2cc(/C=C/CO)cc(C)c2O)ccc1P. The van der Waals surface area contributed by atoms with Gasteiger partial charge in [-0.1, -0.05) is 30.4 Å². The predicted octanol–water partition coefficient (Wildman–Crippen LogP) is 2.83. The van der Waals surface area contributed by atoms with Gasteiger partial charge in [-0.3, -0.25) is 0 Å². The van der Waals surface area contributed by atoms with Crippen LogP contribution in [0.5, 0.6) is 5.75 Å². The highest BCUT2D eigenvalue weighted by molar-refractivity contribution is 7.27. The van der Waals surface area contributed by atoms with Gasteiger partial charge in [0.15, 0.2) is 0 Å². The summed E-state index contributed by atoms with van der Waals surface area (Å²) in [5, 5.41) is 30.4. The number of aliphatic hydroxyl groups excluding tert-OH is 2. The molecule has 0 saturated heterocycles. The molecule has 0 saturated carbocycles. The Bertz CT molecular complexity index is 738. The van der Waals surface area contributed by atoms with Gasteiger partial charge in [-0.15, -0.1) is 9.24 Å². The normalized spacial score (nSPS) is 12.7. The lowest BCUT2D eigenvalue weighted by atomic mass is 9.89. The first-order chi connectivity index (χ1) is 11.5. The largest absolute Gasteiger partial charge is 0.507 e. The van der Waals surface area contributed by atoms with Crippen LogP contribution >= 0.6 is 9.24 Å². The summed E-state index contributed by atoms with van der Waals surface area (Å²) in [5.74, 6) is 0.0514. The molecule has 3 N–H and O–H groups in total. The molecule has 24 heavy (non-hydrogen) atoms. The molecule has 3 nitrogen and oxygen atoms in total. The third kappa shape index (κ3) is 4.45. The molecule has 0 aliphatic rings. The highest BCUT2D eigenvalue weighted by Gasteiger charge is 2.18. The molecule has 0 aromatic heterocycles. The molecule has 128 valence electrons. The maximum Gasteiger partial charge on any atom is 0.122 e. The van der Waals surface area contributed by atoms with Crippen LogP contribution in [0.2, 0.25) is 0 Å². The van der Waals surface area contributed by atoms with Gasteiger partial charge < -0.3 is 15.3 Å². The number of hydrogen-bond donors (Lipinski definition) is 3. The molecule has 0 aliphatic heterocycles. The highest BCUT2D eigenvalue weighted by Crippen LogP contribution is 2.33. The van der Waals surface area contributed by atoms with Crippen LogP contribution < -0.4 is 5.30 Å². The van der Waals surface area contributed by atoms with E-state index in [1.54, 1.807) is 6.08 Å². The van der Waals surface area contributed by atoms with Crippen LogP contribution in [0.3, 0.4) is 0 Å². The quantitative estimate of drug-likeness (QED) is 0.706. The topological polar surface area (TPSA) is 60.7 Å². The Hall–Kier alpha value is -1.67. The van der Waals surface area contributed by atoms with Crippen molar-refractivity contribution in [3.8, 4) is 5.75 Å². The highest BCUT2D eigenvalue weighted by atomic mass is 31.0. The standard InChI is InChI=1S/C20H25O3P/c1-13-8-16(5-6-19(13)24)10-17(12-22)18-11-15(4-3-7-21)9-14(2)20(18)23/h3-6,8-9,11,17,21-23H,7,10,12,24H2,1-2H3/b4-3+. The average Bonchev–Trinajstić information content (AvgIpc) is 2.57. The van der Waals surface area contributed by atoms with E-state index in [0.717, 1.165) is 27.6 Å². The number of aliphatic hydroxyl groups is 2. The van der Waals surface area contributed by atoms with E-state index in [-0.39, 0.29) is 24.9 Å². The van der Waals surface area contributed by atoms with Crippen LogP contribution in [0, 0.1) is 13.8 Å². The number of hydrogen-bond acceptors (Lipinski definition) is 3. The summed E-state index contributed by atoms with van der Waals surface area (Å²) < 4.78 is 0. The second-order valence-electron chi connectivity index (χ2n) is 6.14. The van der Waals surface area contributed by atoms with E-state index in [1.165, 1.54) is 5.56 Å². The molecule has 0 heterocycles. The molecule has 0 fully saturated rings. The van der Waals surface area contributed by atoms with Crippen molar-refractivity contribution < 1.29 is 15.3 Å². The van der Waals surface area contributed by atoms with Crippen LogP contribution in [0.1, 0.15) is 33.7 Å². The van der Waals surface area contributed by atoms with E-state index in [0.29, 0.717) is 6.42 Å². The van der Waals surface area contributed by atoms with Crippen molar-refractivity contribution in [2.45, 2.75) is 26.2 Å². The molecule has 0 amide bonds. The van der Waals surface area contributed by atoms with Gasteiger partial charge in [0.25, 0.3) is 0 Å². The number of benzene rings is 2. The Kier molecular flexibility index (Phi) is 6.56. The van der Waals surface area contributed by atoms with Crippen LogP contribution in [0.4, 0.5) is 0 Å². The zero-order valence-electron chi connectivity index (χ0n) is 14.2. The average molecular weight is 344 g/mol. The van der Waals surface area contributed by atoms with Crippen LogP contribution in [0.15, 0.2) is 36.4 Å². The van der Waals surface area contributed by atoms with E-state index >= 15 is 0 Å². The molecule has 2 aromatic rings. The summed E-state index contributed by atoms with van der Waals surface area (Å²) in [6.07, 6.45) is 4.13. The van der Waals surface area contributed by atoms with Gasteiger partial charge in [0.1, 0.15) is 5.75 Å². The molecule has 4 heteroatoms. The van der Waals surface area contributed by atoms with Gasteiger partial charge in [-0.05, 0) is 60.0 Å². The summed E-state index contributed by atoms with van der Waals surface area (Å²) >= 11 is 0. The van der Waals surface area contributed by atoms with E-state index < -0.39 is 0 Å². The smallest absolute Gasteiger partial charge is 0.122 e. The summed E-state index contributed by atoms with van der Waals surface area (Å²) in [6.45, 7) is 3.83. The maximum absolute atomic E-state index is 10.4. The molecule has 2 aromatic carbocycles. The fourth-order valence-corrected chi connectivity index (χ4v) is 3.03. The Morgan fingerprint density at radius 1 is 1.08 bits per heavy atom. The summed E-state index contributed by atoms with van der Waals surface area (Å²) in [4.78, 5) is 0. The van der Waals surface area contributed by atoms with E-state index in [4.69, 9.17) is 5.11 Å². The fourth-order valence-electron chi connectivity index (χ4n) is 2.85. The first-order valence-electron chi connectivity index (χ1n) is 8.03. The minimum atomic E-state index is -0.180. The van der Waals surface area contributed by atoms with Gasteiger partial charge in [-0.25, -0.2) is 0 Å². The number of rotatable bonds is 6. The van der Waals surface area contributed by atoms with Crippen LogP contribution in [-0.2, 0) is 6.42 Å². The maximum atomic E-state index is 10.4. The Morgan fingerprint density at radius 3 is 2.46 bits per heavy atom. The minimum absolute atomic E-state index is 0.0284. The van der Waals surface area contributed by atoms with Gasteiger partial charge >= 0.3 is 0 Å². The summed E-state index contributed by atoms with van der Waals surface area (Å²) in [6, 6.07) is 9.97. The Morgan fingerprint density at radius 2 is 1.83 bits per heavy atom. The van der Waals surface area contributed by atoms with Crippen molar-refractivity contribution in [3.05, 3.63) is 64.2 Å². The first-order valence-corrected chi connectivity index (χ1v) is 8.60. The fraction of sp³-hybridized carbons (Fsp3) is 0.300. The lowest BCUT2D eigenvalue weighted by molar-refractivity contribution is 0.261. The number of aryl methyl sites for hydroxylation is 2. The number of phenolic OH excluding ortho intramolecular Hbond substituents is 1. The molecule has 0 radical (unpaired) electrons. The molecule has 0 bridgehead atoms. The Labute approximate surface area is 145 Å². The lowest BCUT2D eigenvalue weighted by Crippen LogP contribution is -2.10. The lowest BCUT2D eigenvalue weighted by Gasteiger charge is -2.19. The van der Waals surface area contributed by atoms with Gasteiger partial charge in [-0.2, -0.15) is 0 Å². The van der Waals surface area contributed by atoms with Crippen LogP contribution in [-0.4, -0.2) is 28.5 Å². The Balaban J connectivity index is 2.36. The monoisotopic (exact) mass is 344 g/mol. The summed E-state index contributed by atoms with van der Waals surface area (Å²) in [5.41, 5.74) is 4.73. The van der Waals surface area contributed by atoms with Crippen LogP contribution in [0.25, 0.3) is 6.08 Å². The van der Waals surface area contributed by atoms with Crippen molar-refractivity contribution in [1.29, 1.82) is 0 Å². The second kappa shape index (κ2) is 8.43. The van der Waals surface area contributed by atoms with Crippen molar-refractivity contribution in [2.24, 2.45) is 0 Å². The van der Waals surface area contributed by atoms with Crippen molar-refractivity contribution >= 4 is 20.6 Å². The molecule has 0 spiro atoms. The predicted molar refractivity (Wildman–Crippen MR) is 103 cm³/mol. The van der Waals surface area contributed by atoms with Crippen molar-refractivity contribution in [3.63, 3.8) is 0 Å². The molecular formula is C20H25O3P. The van der Waals surface area contributed by atoms with E-state index in [2.05, 4.69) is 34.4 Å². The van der Waals surface area contributed by atoms with Crippen molar-refractivity contribution in [2.75, 3.05) is 13.2 Å². The zero-order valence-corrected chi connectivity index (χ0v) is 15.3. The van der Waals surface area contributed by atoms with Gasteiger partial charge in [0, 0.05) is 11.5 Å². The number of phenols is 1. The third-order valence-electron chi connectivity index (χ3n) is 4.24.